The third-order valence-corrected chi connectivity index (χ3v) is 7.46. The first-order chi connectivity index (χ1) is 13.0. The standard InChI is InChI=1S/C21H29NO4S/c1-26-20(23)12-8-3-2-7-11-19-16-13-14-17(15-16)21(19)22-27(24,25)18-9-5-4-6-10-18/h2,4-7,9-10,16-17,19,21-22H,3,8,11-15H2,1H3/b7-2-/t16-,17+,19+,21+/m1/s1. The Morgan fingerprint density at radius 3 is 2.67 bits per heavy atom. The number of carbonyl (C=O) groups excluding carboxylic acids is 1. The van der Waals surface area contributed by atoms with Gasteiger partial charge >= 0.3 is 5.97 Å². The maximum absolute atomic E-state index is 12.7. The van der Waals surface area contributed by atoms with Crippen LogP contribution in [0.25, 0.3) is 0 Å². The molecule has 1 N–H and O–H groups in total. The first kappa shape index (κ1) is 20.1. The smallest absolute Gasteiger partial charge is 0.305 e. The van der Waals surface area contributed by atoms with E-state index in [0.29, 0.717) is 29.1 Å². The molecule has 0 heterocycles. The van der Waals surface area contributed by atoms with Gasteiger partial charge in [-0.2, -0.15) is 0 Å². The first-order valence-corrected chi connectivity index (χ1v) is 11.3. The average molecular weight is 392 g/mol. The highest BCUT2D eigenvalue weighted by molar-refractivity contribution is 7.89. The summed E-state index contributed by atoms with van der Waals surface area (Å²) in [7, 11) is -2.07. The number of methoxy groups -OCH3 is 1. The molecule has 2 aliphatic carbocycles. The minimum atomic E-state index is -3.48. The molecular formula is C21H29NO4S. The Balaban J connectivity index is 1.57. The molecule has 1 aromatic carbocycles. The summed E-state index contributed by atoms with van der Waals surface area (Å²) in [6.07, 6.45) is 10.7. The summed E-state index contributed by atoms with van der Waals surface area (Å²) in [6, 6.07) is 8.64. The van der Waals surface area contributed by atoms with Crippen LogP contribution in [0.2, 0.25) is 0 Å². The van der Waals surface area contributed by atoms with E-state index < -0.39 is 10.0 Å². The van der Waals surface area contributed by atoms with E-state index in [1.54, 1.807) is 24.3 Å². The predicted molar refractivity (Wildman–Crippen MR) is 104 cm³/mol. The van der Waals surface area contributed by atoms with Gasteiger partial charge < -0.3 is 4.74 Å². The van der Waals surface area contributed by atoms with Crippen LogP contribution < -0.4 is 4.72 Å². The van der Waals surface area contributed by atoms with Crippen LogP contribution in [0, 0.1) is 17.8 Å². The van der Waals surface area contributed by atoms with Gasteiger partial charge in [0.2, 0.25) is 10.0 Å². The normalized spacial score (nSPS) is 27.3. The van der Waals surface area contributed by atoms with Crippen LogP contribution >= 0.6 is 0 Å². The number of rotatable bonds is 9. The number of unbranched alkanes of at least 4 members (excludes halogenated alkanes) is 1. The highest BCUT2D eigenvalue weighted by Gasteiger charge is 2.48. The number of hydrogen-bond donors (Lipinski definition) is 1. The molecule has 148 valence electrons. The Kier molecular flexibility index (Phi) is 6.71. The van der Waals surface area contributed by atoms with Crippen molar-refractivity contribution in [3.63, 3.8) is 0 Å². The second-order valence-corrected chi connectivity index (χ2v) is 9.35. The lowest BCUT2D eigenvalue weighted by atomic mass is 9.83. The largest absolute Gasteiger partial charge is 0.469 e. The predicted octanol–water partition coefficient (Wildman–Crippen LogP) is 3.67. The zero-order chi connectivity index (χ0) is 19.3. The molecule has 1 aromatic rings. The fraction of sp³-hybridized carbons (Fsp3) is 0.571. The molecule has 0 saturated heterocycles. The highest BCUT2D eigenvalue weighted by Crippen LogP contribution is 2.50. The van der Waals surface area contributed by atoms with Gasteiger partial charge in [-0.1, -0.05) is 30.4 Å². The van der Waals surface area contributed by atoms with Crippen LogP contribution in [0.1, 0.15) is 44.9 Å². The molecule has 0 spiro atoms. The molecule has 0 amide bonds. The Morgan fingerprint density at radius 2 is 1.93 bits per heavy atom. The van der Waals surface area contributed by atoms with E-state index in [0.717, 1.165) is 32.1 Å². The zero-order valence-electron chi connectivity index (χ0n) is 15.8. The molecule has 4 atom stereocenters. The van der Waals surface area contributed by atoms with Gasteiger partial charge in [0.05, 0.1) is 12.0 Å². The van der Waals surface area contributed by atoms with Crippen molar-refractivity contribution in [3.05, 3.63) is 42.5 Å². The summed E-state index contributed by atoms with van der Waals surface area (Å²) in [4.78, 5) is 11.5. The third kappa shape index (κ3) is 4.99. The molecule has 2 fully saturated rings. The average Bonchev–Trinajstić information content (AvgIpc) is 3.27. The molecule has 3 rings (SSSR count). The quantitative estimate of drug-likeness (QED) is 0.396. The lowest BCUT2D eigenvalue weighted by Gasteiger charge is -2.31. The van der Waals surface area contributed by atoms with Crippen molar-refractivity contribution >= 4 is 16.0 Å². The number of fused-ring (bicyclic) bond motifs is 2. The van der Waals surface area contributed by atoms with E-state index in [4.69, 9.17) is 0 Å². The van der Waals surface area contributed by atoms with Crippen LogP contribution in [0.15, 0.2) is 47.4 Å². The molecule has 0 aliphatic heterocycles. The molecule has 2 saturated carbocycles. The van der Waals surface area contributed by atoms with Crippen molar-refractivity contribution in [3.8, 4) is 0 Å². The number of nitrogens with one attached hydrogen (secondary N) is 1. The van der Waals surface area contributed by atoms with E-state index in [1.807, 2.05) is 6.07 Å². The second-order valence-electron chi connectivity index (χ2n) is 7.63. The van der Waals surface area contributed by atoms with E-state index in [2.05, 4.69) is 21.6 Å². The van der Waals surface area contributed by atoms with E-state index in [-0.39, 0.29) is 12.0 Å². The molecule has 2 bridgehead atoms. The van der Waals surface area contributed by atoms with Crippen molar-refractivity contribution in [2.45, 2.75) is 55.9 Å². The molecule has 0 radical (unpaired) electrons. The SMILES string of the molecule is COC(=O)CCC/C=C\C[C@H]1[C@@H]2CC[C@@H](C2)[C@@H]1NS(=O)(=O)c1ccccc1. The van der Waals surface area contributed by atoms with Crippen molar-refractivity contribution in [1.29, 1.82) is 0 Å². The number of ether oxygens (including phenoxy) is 1. The summed E-state index contributed by atoms with van der Waals surface area (Å²) in [5.74, 6) is 1.25. The third-order valence-electron chi connectivity index (χ3n) is 5.99. The second kappa shape index (κ2) is 9.02. The van der Waals surface area contributed by atoms with Crippen LogP contribution in [-0.4, -0.2) is 27.5 Å². The minimum absolute atomic E-state index is 0.0219. The Bertz CT molecular complexity index is 760. The summed E-state index contributed by atoms with van der Waals surface area (Å²) < 4.78 is 33.1. The maximum Gasteiger partial charge on any atom is 0.305 e. The van der Waals surface area contributed by atoms with Crippen LogP contribution in [-0.2, 0) is 19.6 Å². The summed E-state index contributed by atoms with van der Waals surface area (Å²) >= 11 is 0. The molecule has 0 unspecified atom stereocenters. The van der Waals surface area contributed by atoms with Gasteiger partial charge in [0, 0.05) is 12.5 Å². The minimum Gasteiger partial charge on any atom is -0.469 e. The summed E-state index contributed by atoms with van der Waals surface area (Å²) in [6.45, 7) is 0. The van der Waals surface area contributed by atoms with Gasteiger partial charge in [-0.3, -0.25) is 4.79 Å². The number of esters is 1. The number of hydrogen-bond acceptors (Lipinski definition) is 4. The summed E-state index contributed by atoms with van der Waals surface area (Å²) in [5.41, 5.74) is 0. The van der Waals surface area contributed by atoms with Crippen molar-refractivity contribution in [2.75, 3.05) is 7.11 Å². The van der Waals surface area contributed by atoms with Crippen LogP contribution in [0.4, 0.5) is 0 Å². The van der Waals surface area contributed by atoms with Gasteiger partial charge in [0.15, 0.2) is 0 Å². The lowest BCUT2D eigenvalue weighted by molar-refractivity contribution is -0.140. The highest BCUT2D eigenvalue weighted by atomic mass is 32.2. The van der Waals surface area contributed by atoms with Gasteiger partial charge in [-0.15, -0.1) is 0 Å². The number of benzene rings is 1. The summed E-state index contributed by atoms with van der Waals surface area (Å²) in [5, 5.41) is 0. The topological polar surface area (TPSA) is 72.5 Å². The number of carbonyl (C=O) groups is 1. The van der Waals surface area contributed by atoms with Gasteiger partial charge in [-0.25, -0.2) is 13.1 Å². The molecule has 6 heteroatoms. The Hall–Kier alpha value is -1.66. The molecule has 27 heavy (non-hydrogen) atoms. The Labute approximate surface area is 162 Å². The fourth-order valence-electron chi connectivity index (χ4n) is 4.62. The zero-order valence-corrected chi connectivity index (χ0v) is 16.7. The molecule has 2 aliphatic rings. The number of allylic oxidation sites excluding steroid dienone is 2. The van der Waals surface area contributed by atoms with E-state index >= 15 is 0 Å². The molecule has 5 nitrogen and oxygen atoms in total. The van der Waals surface area contributed by atoms with Gasteiger partial charge in [0.1, 0.15) is 0 Å². The molecular weight excluding hydrogens is 362 g/mol. The van der Waals surface area contributed by atoms with Crippen molar-refractivity contribution in [1.82, 2.24) is 4.72 Å². The monoisotopic (exact) mass is 391 g/mol. The number of sulfonamides is 1. The van der Waals surface area contributed by atoms with Gasteiger partial charge in [-0.05, 0) is 68.4 Å². The fourth-order valence-corrected chi connectivity index (χ4v) is 5.99. The first-order valence-electron chi connectivity index (χ1n) is 9.80. The molecule has 0 aromatic heterocycles. The van der Waals surface area contributed by atoms with E-state index in [9.17, 15) is 13.2 Å². The van der Waals surface area contributed by atoms with E-state index in [1.165, 1.54) is 13.5 Å². The van der Waals surface area contributed by atoms with Crippen molar-refractivity contribution < 1.29 is 17.9 Å². The maximum atomic E-state index is 12.7. The lowest BCUT2D eigenvalue weighted by Crippen LogP contribution is -2.43. The van der Waals surface area contributed by atoms with Gasteiger partial charge in [0.25, 0.3) is 0 Å². The Morgan fingerprint density at radius 1 is 1.19 bits per heavy atom. The van der Waals surface area contributed by atoms with Crippen molar-refractivity contribution in [2.24, 2.45) is 17.8 Å². The van der Waals surface area contributed by atoms with Crippen LogP contribution in [0.5, 0.6) is 0 Å². The van der Waals surface area contributed by atoms with Crippen LogP contribution in [0.3, 0.4) is 0 Å².